The molecular formula is C26H41NO8. The van der Waals surface area contributed by atoms with E-state index in [0.717, 1.165) is 19.5 Å². The Labute approximate surface area is 207 Å². The number of carbonyl (C=O) groups is 1. The average Bonchev–Trinajstić information content (AvgIpc) is 3.23. The molecular weight excluding hydrogens is 454 g/mol. The molecule has 1 spiro atoms. The number of ether oxygens (including phenoxy) is 4. The van der Waals surface area contributed by atoms with Crippen molar-refractivity contribution in [3.63, 3.8) is 0 Å². The number of likely N-dealkylation sites (tertiary alicyclic amines) is 1. The summed E-state index contributed by atoms with van der Waals surface area (Å²) in [4.78, 5) is 15.1. The fraction of sp³-hybridized carbons (Fsp3) is 0.962. The average molecular weight is 496 g/mol. The molecule has 7 bridgehead atoms. The van der Waals surface area contributed by atoms with Gasteiger partial charge in [-0.1, -0.05) is 6.92 Å². The predicted octanol–water partition coefficient (Wildman–Crippen LogP) is 0.0436. The molecule has 35 heavy (non-hydrogen) atoms. The lowest BCUT2D eigenvalue weighted by Gasteiger charge is -2.69. The zero-order chi connectivity index (χ0) is 25.1. The maximum absolute atomic E-state index is 12.7. The molecule has 5 aliphatic carbocycles. The molecule has 9 nitrogen and oxygen atoms in total. The van der Waals surface area contributed by atoms with Crippen LogP contribution in [0, 0.1) is 40.4 Å². The number of hydrogen-bond donors (Lipinski definition) is 3. The van der Waals surface area contributed by atoms with Crippen molar-refractivity contribution in [2.24, 2.45) is 40.4 Å². The molecule has 1 saturated heterocycles. The zero-order valence-corrected chi connectivity index (χ0v) is 21.4. The van der Waals surface area contributed by atoms with Gasteiger partial charge in [0.05, 0.1) is 31.0 Å². The second kappa shape index (κ2) is 7.85. The highest BCUT2D eigenvalue weighted by Gasteiger charge is 2.88. The summed E-state index contributed by atoms with van der Waals surface area (Å²) in [7, 11) is 4.97. The summed E-state index contributed by atoms with van der Waals surface area (Å²) in [6.07, 6.45) is -1.43. The van der Waals surface area contributed by atoms with Crippen molar-refractivity contribution in [3.8, 4) is 0 Å². The number of piperidine rings is 1. The summed E-state index contributed by atoms with van der Waals surface area (Å²) >= 11 is 0. The third kappa shape index (κ3) is 2.52. The minimum atomic E-state index is -1.37. The van der Waals surface area contributed by atoms with Crippen LogP contribution < -0.4 is 0 Å². The van der Waals surface area contributed by atoms with Gasteiger partial charge in [-0.15, -0.1) is 0 Å². The summed E-state index contributed by atoms with van der Waals surface area (Å²) in [6, 6.07) is -0.153. The van der Waals surface area contributed by atoms with E-state index >= 15 is 0 Å². The lowest BCUT2D eigenvalue weighted by Crippen LogP contribution is -2.79. The van der Waals surface area contributed by atoms with Gasteiger partial charge in [-0.2, -0.15) is 0 Å². The molecule has 2 unspecified atom stereocenters. The molecule has 0 aromatic rings. The van der Waals surface area contributed by atoms with Gasteiger partial charge >= 0.3 is 5.97 Å². The normalized spacial score (nSPS) is 57.9. The van der Waals surface area contributed by atoms with E-state index in [1.165, 1.54) is 6.92 Å². The van der Waals surface area contributed by atoms with Crippen molar-refractivity contribution in [3.05, 3.63) is 0 Å². The smallest absolute Gasteiger partial charge is 0.303 e. The molecule has 0 aromatic carbocycles. The van der Waals surface area contributed by atoms with Crippen molar-refractivity contribution >= 4 is 5.97 Å². The molecule has 5 saturated carbocycles. The minimum absolute atomic E-state index is 0.0383. The molecule has 1 heterocycles. The Balaban J connectivity index is 1.67. The SMILES string of the molecule is CCN1C[C@]2(COC)CC[C@H](O)[C@]34C1[C@H]([C@H](OC)[C@H]23)[C@]1(OC(C)=O)[C@@H]2[C@H]4CC([C@@H](OC)[C@@H]1O)[C@@H]2O. The number of fused-ring (bicyclic) bond motifs is 2. The lowest BCUT2D eigenvalue weighted by atomic mass is 9.43. The summed E-state index contributed by atoms with van der Waals surface area (Å²) in [5.41, 5.74) is -2.16. The molecule has 1 aliphatic heterocycles. The van der Waals surface area contributed by atoms with Crippen LogP contribution in [0.4, 0.5) is 0 Å². The van der Waals surface area contributed by atoms with Crippen LogP contribution in [0.2, 0.25) is 0 Å². The molecule has 6 aliphatic rings. The quantitative estimate of drug-likeness (QED) is 0.439. The largest absolute Gasteiger partial charge is 0.455 e. The highest BCUT2D eigenvalue weighted by molar-refractivity contribution is 5.67. The molecule has 6 rings (SSSR count). The predicted molar refractivity (Wildman–Crippen MR) is 123 cm³/mol. The third-order valence-electron chi connectivity index (χ3n) is 11.5. The van der Waals surface area contributed by atoms with Gasteiger partial charge in [0.1, 0.15) is 6.10 Å². The fourth-order valence-corrected chi connectivity index (χ4v) is 11.2. The van der Waals surface area contributed by atoms with Crippen molar-refractivity contribution < 1.29 is 39.1 Å². The van der Waals surface area contributed by atoms with E-state index in [0.29, 0.717) is 19.4 Å². The van der Waals surface area contributed by atoms with Crippen molar-refractivity contribution in [1.82, 2.24) is 4.90 Å². The Kier molecular flexibility index (Phi) is 5.50. The first-order valence-electron chi connectivity index (χ1n) is 13.2. The van der Waals surface area contributed by atoms with Crippen LogP contribution in [0.1, 0.15) is 33.1 Å². The highest BCUT2D eigenvalue weighted by atomic mass is 16.6. The Bertz CT molecular complexity index is 887. The number of aliphatic hydroxyl groups excluding tert-OH is 3. The Morgan fingerprint density at radius 1 is 1.09 bits per heavy atom. The highest BCUT2D eigenvalue weighted by Crippen LogP contribution is 2.79. The third-order valence-corrected chi connectivity index (χ3v) is 11.5. The Morgan fingerprint density at radius 2 is 1.80 bits per heavy atom. The monoisotopic (exact) mass is 495 g/mol. The van der Waals surface area contributed by atoms with Gasteiger partial charge in [0.25, 0.3) is 0 Å². The van der Waals surface area contributed by atoms with Crippen LogP contribution >= 0.6 is 0 Å². The first-order chi connectivity index (χ1) is 16.7. The first-order valence-corrected chi connectivity index (χ1v) is 13.2. The Morgan fingerprint density at radius 3 is 2.40 bits per heavy atom. The number of esters is 1. The summed E-state index contributed by atoms with van der Waals surface area (Å²) in [5, 5.41) is 35.7. The Hall–Kier alpha value is -0.810. The zero-order valence-electron chi connectivity index (χ0n) is 21.4. The number of rotatable bonds is 6. The van der Waals surface area contributed by atoms with Crippen molar-refractivity contribution in [1.29, 1.82) is 0 Å². The topological polar surface area (TPSA) is 118 Å². The van der Waals surface area contributed by atoms with Crippen molar-refractivity contribution in [2.45, 2.75) is 75.3 Å². The second-order valence-corrected chi connectivity index (χ2v) is 12.2. The van der Waals surface area contributed by atoms with E-state index in [-0.39, 0.29) is 35.3 Å². The van der Waals surface area contributed by atoms with E-state index < -0.39 is 53.2 Å². The van der Waals surface area contributed by atoms with E-state index in [1.54, 1.807) is 21.3 Å². The van der Waals surface area contributed by atoms with Gasteiger partial charge in [0.15, 0.2) is 5.60 Å². The lowest BCUT2D eigenvalue weighted by molar-refractivity contribution is -0.302. The summed E-state index contributed by atoms with van der Waals surface area (Å²) in [5.74, 6) is -1.87. The van der Waals surface area contributed by atoms with Gasteiger partial charge in [-0.25, -0.2) is 0 Å². The molecule has 0 radical (unpaired) electrons. The molecule has 9 heteroatoms. The fourth-order valence-electron chi connectivity index (χ4n) is 11.2. The van der Waals surface area contributed by atoms with Crippen LogP contribution in [-0.4, -0.2) is 109 Å². The maximum Gasteiger partial charge on any atom is 0.303 e. The van der Waals surface area contributed by atoms with Crippen LogP contribution in [0.3, 0.4) is 0 Å². The van der Waals surface area contributed by atoms with Gasteiger partial charge in [0, 0.05) is 75.3 Å². The molecule has 14 atom stereocenters. The van der Waals surface area contributed by atoms with Crippen LogP contribution in [0.25, 0.3) is 0 Å². The van der Waals surface area contributed by atoms with E-state index in [9.17, 15) is 20.1 Å². The number of aliphatic hydroxyl groups is 3. The molecule has 6 fully saturated rings. The van der Waals surface area contributed by atoms with Gasteiger partial charge < -0.3 is 34.3 Å². The van der Waals surface area contributed by atoms with Crippen LogP contribution in [0.5, 0.6) is 0 Å². The van der Waals surface area contributed by atoms with Crippen LogP contribution in [-0.2, 0) is 23.7 Å². The van der Waals surface area contributed by atoms with E-state index in [2.05, 4.69) is 11.8 Å². The summed E-state index contributed by atoms with van der Waals surface area (Å²) in [6.45, 7) is 5.61. The minimum Gasteiger partial charge on any atom is -0.455 e. The molecule has 198 valence electrons. The number of hydrogen-bond acceptors (Lipinski definition) is 9. The van der Waals surface area contributed by atoms with E-state index in [4.69, 9.17) is 18.9 Å². The van der Waals surface area contributed by atoms with Gasteiger partial charge in [0.2, 0.25) is 0 Å². The summed E-state index contributed by atoms with van der Waals surface area (Å²) < 4.78 is 24.3. The van der Waals surface area contributed by atoms with Crippen LogP contribution in [0.15, 0.2) is 0 Å². The number of nitrogens with zero attached hydrogens (tertiary/aromatic N) is 1. The van der Waals surface area contributed by atoms with Gasteiger partial charge in [-0.3, -0.25) is 9.69 Å². The number of methoxy groups -OCH3 is 3. The number of carbonyl (C=O) groups excluding carboxylic acids is 1. The molecule has 0 amide bonds. The molecule has 0 aromatic heterocycles. The maximum atomic E-state index is 12.7. The second-order valence-electron chi connectivity index (χ2n) is 12.2. The first kappa shape index (κ1) is 24.5. The van der Waals surface area contributed by atoms with Crippen molar-refractivity contribution in [2.75, 3.05) is 41.0 Å². The molecule has 3 N–H and O–H groups in total. The standard InChI is InChI=1S/C26H41NO8/c1-6-27-10-24(11-32-3)8-7-15(29)25-14-9-13-18(30)16(14)26(35-12(2)28,23(31)19(13)33-4)17(22(25)27)20(34-5)21(24)25/h13-23,29-31H,6-11H2,1-5H3/t13?,14-,15+,16-,17+,18+,19-,20+,21-,22?,23+,24+,25+,26-/m1/s1. The van der Waals surface area contributed by atoms with Gasteiger partial charge in [-0.05, 0) is 31.7 Å². The van der Waals surface area contributed by atoms with E-state index in [1.807, 2.05) is 0 Å².